The lowest BCUT2D eigenvalue weighted by atomic mass is 9.76. The van der Waals surface area contributed by atoms with Gasteiger partial charge in [0.2, 0.25) is 0 Å². The number of hydrogen-bond acceptors (Lipinski definition) is 5. The van der Waals surface area contributed by atoms with Crippen molar-refractivity contribution in [1.29, 1.82) is 5.26 Å². The summed E-state index contributed by atoms with van der Waals surface area (Å²) < 4.78 is 15.0. The normalized spacial score (nSPS) is 17.3. The fourth-order valence-electron chi connectivity index (χ4n) is 3.54. The highest BCUT2D eigenvalue weighted by Crippen LogP contribution is 2.59. The highest BCUT2D eigenvalue weighted by molar-refractivity contribution is 5.40. The van der Waals surface area contributed by atoms with Gasteiger partial charge in [0.15, 0.2) is 0 Å². The van der Waals surface area contributed by atoms with Crippen molar-refractivity contribution in [2.75, 3.05) is 0 Å². The second-order valence-electron chi connectivity index (χ2n) is 6.59. The van der Waals surface area contributed by atoms with Crippen LogP contribution in [0, 0.1) is 17.1 Å². The standard InChI is InChI=1S/C19H16FN5O/c20-16-4-2-15(3-5-16)19(26,11-25-13-22-12-24-25)18(7-8-18)17-6-1-14(9-21)10-23-17/h1-6,10,12-13,26H,7-8,11H2. The average molecular weight is 349 g/mol. The second-order valence-corrected chi connectivity index (χ2v) is 6.59. The molecule has 1 aliphatic rings. The molecule has 0 radical (unpaired) electrons. The number of pyridine rings is 1. The van der Waals surface area contributed by atoms with Crippen LogP contribution in [0.5, 0.6) is 0 Å². The molecule has 2 aromatic heterocycles. The Kier molecular flexibility index (Phi) is 3.78. The van der Waals surface area contributed by atoms with Gasteiger partial charge in [0.05, 0.1) is 12.1 Å². The van der Waals surface area contributed by atoms with Gasteiger partial charge in [-0.15, -0.1) is 0 Å². The minimum absolute atomic E-state index is 0.167. The molecule has 1 N–H and O–H groups in total. The minimum Gasteiger partial charge on any atom is -0.382 e. The van der Waals surface area contributed by atoms with Gasteiger partial charge in [0, 0.05) is 17.3 Å². The molecule has 0 amide bonds. The molecule has 4 rings (SSSR count). The van der Waals surface area contributed by atoms with Crippen LogP contribution in [0.4, 0.5) is 4.39 Å². The Balaban J connectivity index is 1.81. The highest BCUT2D eigenvalue weighted by Gasteiger charge is 2.61. The maximum Gasteiger partial charge on any atom is 0.137 e. The molecule has 7 heteroatoms. The number of rotatable bonds is 5. The Morgan fingerprint density at radius 1 is 1.23 bits per heavy atom. The lowest BCUT2D eigenvalue weighted by molar-refractivity contribution is -0.0260. The zero-order chi connectivity index (χ0) is 18.2. The van der Waals surface area contributed by atoms with Crippen LogP contribution in [0.3, 0.4) is 0 Å². The lowest BCUT2D eigenvalue weighted by Gasteiger charge is -2.37. The van der Waals surface area contributed by atoms with Crippen LogP contribution in [-0.4, -0.2) is 24.9 Å². The fourth-order valence-corrected chi connectivity index (χ4v) is 3.54. The van der Waals surface area contributed by atoms with Gasteiger partial charge in [0.25, 0.3) is 0 Å². The third-order valence-electron chi connectivity index (χ3n) is 5.10. The summed E-state index contributed by atoms with van der Waals surface area (Å²) in [6.45, 7) is 0.167. The summed E-state index contributed by atoms with van der Waals surface area (Å²) in [5.41, 5.74) is -0.187. The molecule has 26 heavy (non-hydrogen) atoms. The molecule has 6 nitrogen and oxygen atoms in total. The van der Waals surface area contributed by atoms with Gasteiger partial charge in [-0.05, 0) is 42.7 Å². The van der Waals surface area contributed by atoms with E-state index in [-0.39, 0.29) is 12.4 Å². The predicted molar refractivity (Wildman–Crippen MR) is 90.2 cm³/mol. The quantitative estimate of drug-likeness (QED) is 0.764. The van der Waals surface area contributed by atoms with Gasteiger partial charge >= 0.3 is 0 Å². The van der Waals surface area contributed by atoms with Crippen molar-refractivity contribution in [1.82, 2.24) is 19.7 Å². The summed E-state index contributed by atoms with van der Waals surface area (Å²) in [6, 6.07) is 11.4. The first-order valence-electron chi connectivity index (χ1n) is 8.25. The van der Waals surface area contributed by atoms with Gasteiger partial charge in [-0.3, -0.25) is 4.98 Å². The van der Waals surface area contributed by atoms with Gasteiger partial charge < -0.3 is 5.11 Å². The molecule has 0 bridgehead atoms. The smallest absolute Gasteiger partial charge is 0.137 e. The summed E-state index contributed by atoms with van der Waals surface area (Å²) >= 11 is 0. The predicted octanol–water partition coefficient (Wildman–Crippen LogP) is 2.30. The van der Waals surface area contributed by atoms with Crippen molar-refractivity contribution in [3.63, 3.8) is 0 Å². The van der Waals surface area contributed by atoms with Crippen LogP contribution in [0.15, 0.2) is 55.2 Å². The molecule has 1 saturated carbocycles. The first-order valence-corrected chi connectivity index (χ1v) is 8.25. The number of nitrogens with zero attached hydrogens (tertiary/aromatic N) is 5. The summed E-state index contributed by atoms with van der Waals surface area (Å²) in [5, 5.41) is 24.9. The first kappa shape index (κ1) is 16.4. The number of benzene rings is 1. The number of aliphatic hydroxyl groups is 1. The number of aromatic nitrogens is 4. The van der Waals surface area contributed by atoms with E-state index in [9.17, 15) is 9.50 Å². The van der Waals surface area contributed by atoms with Crippen molar-refractivity contribution in [2.24, 2.45) is 0 Å². The molecule has 0 aliphatic heterocycles. The van der Waals surface area contributed by atoms with Crippen LogP contribution in [0.1, 0.15) is 29.7 Å². The van der Waals surface area contributed by atoms with Crippen LogP contribution in [0.2, 0.25) is 0 Å². The Morgan fingerprint density at radius 3 is 2.54 bits per heavy atom. The molecule has 130 valence electrons. The lowest BCUT2D eigenvalue weighted by Crippen LogP contribution is -2.44. The Labute approximate surface area is 149 Å². The van der Waals surface area contributed by atoms with E-state index in [0.29, 0.717) is 16.8 Å². The topological polar surface area (TPSA) is 87.6 Å². The summed E-state index contributed by atoms with van der Waals surface area (Å²) in [6.07, 6.45) is 5.92. The molecule has 1 aliphatic carbocycles. The molecule has 3 aromatic rings. The van der Waals surface area contributed by atoms with Crippen molar-refractivity contribution < 1.29 is 9.50 Å². The molecule has 0 saturated heterocycles. The van der Waals surface area contributed by atoms with Crippen LogP contribution in [0.25, 0.3) is 0 Å². The van der Waals surface area contributed by atoms with Crippen LogP contribution >= 0.6 is 0 Å². The van der Waals surface area contributed by atoms with Gasteiger partial charge in [0.1, 0.15) is 30.1 Å². The third kappa shape index (κ3) is 2.55. The fraction of sp³-hybridized carbons (Fsp3) is 0.263. The van der Waals surface area contributed by atoms with Crippen molar-refractivity contribution in [3.05, 3.63) is 77.9 Å². The summed E-state index contributed by atoms with van der Waals surface area (Å²) in [7, 11) is 0. The van der Waals surface area contributed by atoms with E-state index in [1.165, 1.54) is 31.0 Å². The first-order chi connectivity index (χ1) is 12.6. The summed E-state index contributed by atoms with van der Waals surface area (Å²) in [4.78, 5) is 8.36. The van der Waals surface area contributed by atoms with Crippen molar-refractivity contribution in [3.8, 4) is 6.07 Å². The molecule has 2 heterocycles. The number of hydrogen-bond donors (Lipinski definition) is 1. The zero-order valence-electron chi connectivity index (χ0n) is 13.9. The maximum absolute atomic E-state index is 13.4. The third-order valence-corrected chi connectivity index (χ3v) is 5.10. The molecule has 0 spiro atoms. The number of halogens is 1. The number of nitriles is 1. The van der Waals surface area contributed by atoms with E-state index in [1.807, 2.05) is 6.07 Å². The van der Waals surface area contributed by atoms with Gasteiger partial charge in [-0.25, -0.2) is 14.1 Å². The Morgan fingerprint density at radius 2 is 2.00 bits per heavy atom. The zero-order valence-corrected chi connectivity index (χ0v) is 13.9. The molecular formula is C19H16FN5O. The van der Waals surface area contributed by atoms with E-state index in [2.05, 4.69) is 15.1 Å². The van der Waals surface area contributed by atoms with Gasteiger partial charge in [-0.2, -0.15) is 10.4 Å². The van der Waals surface area contributed by atoms with Crippen LogP contribution in [-0.2, 0) is 17.6 Å². The summed E-state index contributed by atoms with van der Waals surface area (Å²) in [5.74, 6) is -0.363. The van der Waals surface area contributed by atoms with E-state index in [0.717, 1.165) is 12.8 Å². The average Bonchev–Trinajstić information content (AvgIpc) is 3.34. The van der Waals surface area contributed by atoms with E-state index in [1.54, 1.807) is 28.9 Å². The van der Waals surface area contributed by atoms with Gasteiger partial charge in [-0.1, -0.05) is 12.1 Å². The molecule has 1 atom stereocenters. The van der Waals surface area contributed by atoms with Crippen LogP contribution < -0.4 is 0 Å². The minimum atomic E-state index is -1.34. The van der Waals surface area contributed by atoms with E-state index in [4.69, 9.17) is 5.26 Å². The SMILES string of the molecule is N#Cc1ccc(C2(C(O)(Cn3cncn3)c3ccc(F)cc3)CC2)nc1. The van der Waals surface area contributed by atoms with E-state index >= 15 is 0 Å². The monoisotopic (exact) mass is 349 g/mol. The Bertz CT molecular complexity index is 943. The highest BCUT2D eigenvalue weighted by atomic mass is 19.1. The molecule has 1 aromatic carbocycles. The van der Waals surface area contributed by atoms with Crippen molar-refractivity contribution >= 4 is 0 Å². The second kappa shape index (κ2) is 6.00. The molecule has 1 unspecified atom stereocenters. The van der Waals surface area contributed by atoms with Crippen molar-refractivity contribution in [2.45, 2.75) is 30.4 Å². The molecular weight excluding hydrogens is 333 g/mol. The largest absolute Gasteiger partial charge is 0.382 e. The molecule has 1 fully saturated rings. The maximum atomic E-state index is 13.4. The van der Waals surface area contributed by atoms with E-state index < -0.39 is 11.0 Å². The Hall–Kier alpha value is -3.11.